The van der Waals surface area contributed by atoms with Gasteiger partial charge in [0.2, 0.25) is 0 Å². The number of hydrogen-bond acceptors (Lipinski definition) is 4. The lowest BCUT2D eigenvalue weighted by atomic mass is 10.3. The van der Waals surface area contributed by atoms with E-state index < -0.39 is 8.09 Å². The molecule has 0 aliphatic carbocycles. The van der Waals surface area contributed by atoms with Crippen molar-refractivity contribution < 1.29 is 8.91 Å². The fourth-order valence-corrected chi connectivity index (χ4v) is 3.45. The first-order chi connectivity index (χ1) is 6.84. The van der Waals surface area contributed by atoms with Gasteiger partial charge in [0.1, 0.15) is 11.6 Å². The molecule has 1 aliphatic heterocycles. The third kappa shape index (κ3) is 2.62. The zero-order valence-electron chi connectivity index (χ0n) is 6.78. The Balaban J connectivity index is 2.11. The molecule has 1 aliphatic rings. The summed E-state index contributed by atoms with van der Waals surface area (Å²) in [7, 11) is 0.156. The van der Waals surface area contributed by atoms with Gasteiger partial charge in [-0.25, -0.2) is 4.39 Å². The Morgan fingerprint density at radius 2 is 2.00 bits per heavy atom. The van der Waals surface area contributed by atoms with Gasteiger partial charge in [-0.15, -0.1) is 9.03 Å². The topological polar surface area (TPSA) is 46.3 Å². The fourth-order valence-electron chi connectivity index (χ4n) is 0.766. The Labute approximate surface area is 84.0 Å². The Bertz CT molecular complexity index is 417. The van der Waals surface area contributed by atoms with E-state index >= 15 is 0 Å². The molecule has 2 rings (SSSR count). The largest absolute Gasteiger partial charge is 0.415 e. The van der Waals surface area contributed by atoms with E-state index in [-0.39, 0.29) is 5.82 Å². The second-order valence-corrected chi connectivity index (χ2v) is 5.44. The predicted octanol–water partition coefficient (Wildman–Crippen LogP) is 4.80. The van der Waals surface area contributed by atoms with Gasteiger partial charge in [-0.2, -0.15) is 4.52 Å². The summed E-state index contributed by atoms with van der Waals surface area (Å²) in [5, 5.41) is 0. The van der Waals surface area contributed by atoms with Crippen LogP contribution in [0.15, 0.2) is 37.8 Å². The molecule has 1 heterocycles. The summed E-state index contributed by atoms with van der Waals surface area (Å²) < 4.78 is 29.9. The second-order valence-electron chi connectivity index (χ2n) is 2.25. The first kappa shape index (κ1) is 9.79. The highest BCUT2D eigenvalue weighted by Crippen LogP contribution is 2.42. The molecule has 1 unspecified atom stereocenters. The van der Waals surface area contributed by atoms with Gasteiger partial charge in [0, 0.05) is 0 Å². The Morgan fingerprint density at radius 3 is 2.64 bits per heavy atom. The fraction of sp³-hybridized carbons (Fsp3) is 0. The van der Waals surface area contributed by atoms with Crippen molar-refractivity contribution in [1.82, 2.24) is 0 Å². The zero-order valence-corrected chi connectivity index (χ0v) is 9.46. The van der Waals surface area contributed by atoms with E-state index in [1.165, 1.54) is 12.1 Å². The van der Waals surface area contributed by atoms with Crippen LogP contribution in [0, 0.1) is 5.82 Å². The molecular weight excluding hydrogens is 242 g/mol. The van der Waals surface area contributed by atoms with Crippen molar-refractivity contribution in [2.75, 3.05) is 0 Å². The number of benzene rings is 1. The number of nitrogens with zero attached hydrogens (tertiary/aromatic N) is 3. The molecule has 0 N–H and O–H groups in total. The molecule has 0 aromatic heterocycles. The van der Waals surface area contributed by atoms with Crippen molar-refractivity contribution in [3.8, 4) is 5.75 Å². The summed E-state index contributed by atoms with van der Waals surface area (Å²) in [5.74, 6) is 0.297. The van der Waals surface area contributed by atoms with Gasteiger partial charge in [0.05, 0.1) is 0 Å². The maximum Gasteiger partial charge on any atom is 0.288 e. The van der Waals surface area contributed by atoms with Gasteiger partial charge in [-0.1, -0.05) is 0 Å². The molecule has 4 nitrogen and oxygen atoms in total. The van der Waals surface area contributed by atoms with E-state index in [0.717, 1.165) is 0 Å². The minimum atomic E-state index is -1.15. The average molecular weight is 246 g/mol. The van der Waals surface area contributed by atoms with Crippen LogP contribution in [0.2, 0.25) is 0 Å². The Kier molecular flexibility index (Phi) is 3.26. The van der Waals surface area contributed by atoms with E-state index in [4.69, 9.17) is 4.52 Å². The highest BCUT2D eigenvalue weighted by Gasteiger charge is 2.01. The first-order valence-corrected chi connectivity index (χ1v) is 6.36. The van der Waals surface area contributed by atoms with E-state index in [1.54, 1.807) is 12.1 Å². The molecule has 8 heteroatoms. The van der Waals surface area contributed by atoms with Gasteiger partial charge in [0.25, 0.3) is 8.09 Å². The average Bonchev–Trinajstić information content (AvgIpc) is 2.23. The summed E-state index contributed by atoms with van der Waals surface area (Å²) in [6, 6.07) is 5.80. The maximum atomic E-state index is 12.6. The highest BCUT2D eigenvalue weighted by molar-refractivity contribution is 7.56. The van der Waals surface area contributed by atoms with Crippen LogP contribution < -0.4 is 4.52 Å². The smallest absolute Gasteiger partial charge is 0.288 e. The van der Waals surface area contributed by atoms with Crippen molar-refractivity contribution in [2.24, 2.45) is 13.5 Å². The molecule has 0 saturated heterocycles. The molecule has 71 valence electrons. The van der Waals surface area contributed by atoms with E-state index in [0.29, 0.717) is 22.8 Å². The van der Waals surface area contributed by atoms with Crippen molar-refractivity contribution >= 4 is 25.1 Å². The van der Waals surface area contributed by atoms with Gasteiger partial charge < -0.3 is 4.52 Å². The van der Waals surface area contributed by atoms with Crippen LogP contribution in [0.4, 0.5) is 4.39 Å². The lowest BCUT2D eigenvalue weighted by Crippen LogP contribution is -1.79. The van der Waals surface area contributed by atoms with E-state index in [9.17, 15) is 4.39 Å². The molecule has 14 heavy (non-hydrogen) atoms. The summed E-state index contributed by atoms with van der Waals surface area (Å²) >= 11 is 0. The molecule has 1 aromatic carbocycles. The number of rotatable bonds is 2. The van der Waals surface area contributed by atoms with Gasteiger partial charge in [0.15, 0.2) is 17.0 Å². The molecule has 1 radical (unpaired) electrons. The summed E-state index contributed by atoms with van der Waals surface area (Å²) in [6.07, 6.45) is 0. The van der Waals surface area contributed by atoms with E-state index in [2.05, 4.69) is 13.5 Å². The standard InChI is InChI=1S/C6H4FN3OP3/c7-5-1-3-6(4-2-5)11-14-9-12-8-13-10-14/h1-4H. The van der Waals surface area contributed by atoms with Crippen LogP contribution in [0.1, 0.15) is 0 Å². The van der Waals surface area contributed by atoms with Crippen molar-refractivity contribution in [3.63, 3.8) is 0 Å². The van der Waals surface area contributed by atoms with Crippen LogP contribution in [0.3, 0.4) is 0 Å². The molecule has 0 spiro atoms. The Hall–Kier alpha value is -0.750. The van der Waals surface area contributed by atoms with Gasteiger partial charge >= 0.3 is 0 Å². The minimum absolute atomic E-state index is 0.283. The zero-order chi connectivity index (χ0) is 9.80. The quantitative estimate of drug-likeness (QED) is 0.691. The summed E-state index contributed by atoms with van der Waals surface area (Å²) in [6.45, 7) is 0. The van der Waals surface area contributed by atoms with Crippen molar-refractivity contribution in [1.29, 1.82) is 0 Å². The minimum Gasteiger partial charge on any atom is -0.415 e. The lowest BCUT2D eigenvalue weighted by Gasteiger charge is -2.03. The molecular formula is C6H4FN3OP3. The van der Waals surface area contributed by atoms with Crippen molar-refractivity contribution in [2.45, 2.75) is 0 Å². The van der Waals surface area contributed by atoms with Crippen LogP contribution in [0.5, 0.6) is 5.75 Å². The summed E-state index contributed by atoms with van der Waals surface area (Å²) in [5.41, 5.74) is 0. The Morgan fingerprint density at radius 1 is 1.21 bits per heavy atom. The third-order valence-corrected chi connectivity index (χ3v) is 4.19. The van der Waals surface area contributed by atoms with Crippen LogP contribution >= 0.6 is 25.1 Å². The first-order valence-electron chi connectivity index (χ1n) is 3.60. The number of hydrogen-bond donors (Lipinski definition) is 0. The van der Waals surface area contributed by atoms with Gasteiger partial charge in [-0.05, 0) is 24.3 Å². The summed E-state index contributed by atoms with van der Waals surface area (Å²) in [4.78, 5) is 0. The number of halogens is 1. The predicted molar refractivity (Wildman–Crippen MR) is 55.1 cm³/mol. The monoisotopic (exact) mass is 246 g/mol. The second kappa shape index (κ2) is 4.65. The molecule has 0 amide bonds. The third-order valence-electron chi connectivity index (χ3n) is 1.31. The molecule has 0 fully saturated rings. The lowest BCUT2D eigenvalue weighted by molar-refractivity contribution is 0.604. The van der Waals surface area contributed by atoms with E-state index in [1.807, 2.05) is 0 Å². The van der Waals surface area contributed by atoms with Crippen molar-refractivity contribution in [3.05, 3.63) is 30.1 Å². The molecule has 0 bridgehead atoms. The molecule has 1 atom stereocenters. The normalized spacial score (nSPS) is 18.8. The van der Waals surface area contributed by atoms with Crippen LogP contribution in [0.25, 0.3) is 0 Å². The molecule has 0 saturated carbocycles. The van der Waals surface area contributed by atoms with Crippen LogP contribution in [-0.2, 0) is 0 Å². The SMILES string of the molecule is Fc1ccc(O[P]2=NP=NP=N2)cc1. The molecule has 1 aromatic rings. The van der Waals surface area contributed by atoms with Crippen LogP contribution in [-0.4, -0.2) is 0 Å². The maximum absolute atomic E-state index is 12.6. The highest BCUT2D eigenvalue weighted by atomic mass is 31.2. The van der Waals surface area contributed by atoms with Gasteiger partial charge in [-0.3, -0.25) is 0 Å².